The topological polar surface area (TPSA) is 102 Å². The fraction of sp³-hybridized carbons (Fsp3) is 0.364. The third-order valence-corrected chi connectivity index (χ3v) is 3.97. The monoisotopic (exact) mass is 296 g/mol. The summed E-state index contributed by atoms with van der Waals surface area (Å²) in [6, 6.07) is 1.62. The van der Waals surface area contributed by atoms with Gasteiger partial charge in [0.15, 0.2) is 0 Å². The van der Waals surface area contributed by atoms with Crippen LogP contribution in [0, 0.1) is 0 Å². The fourth-order valence-electron chi connectivity index (χ4n) is 1.77. The number of hydrogen-bond donors (Lipinski definition) is 2. The molecule has 8 nitrogen and oxygen atoms in total. The Labute approximate surface area is 117 Å². The van der Waals surface area contributed by atoms with Gasteiger partial charge in [-0.3, -0.25) is 0 Å². The molecule has 2 rings (SSSR count). The first-order valence-electron chi connectivity index (χ1n) is 6.07. The number of hydrogen-bond acceptors (Lipinski definition) is 6. The van der Waals surface area contributed by atoms with E-state index in [4.69, 9.17) is 0 Å². The summed E-state index contributed by atoms with van der Waals surface area (Å²) < 4.78 is 28.6. The van der Waals surface area contributed by atoms with Gasteiger partial charge in [-0.05, 0) is 20.0 Å². The molecule has 9 heteroatoms. The van der Waals surface area contributed by atoms with Crippen LogP contribution in [0.25, 0.3) is 0 Å². The molecule has 0 aromatic carbocycles. The maximum absolute atomic E-state index is 12.2. The molecule has 2 N–H and O–H groups in total. The Morgan fingerprint density at radius 2 is 2.15 bits per heavy atom. The summed E-state index contributed by atoms with van der Waals surface area (Å²) in [7, 11) is -1.90. The molecule has 0 saturated heterocycles. The summed E-state index contributed by atoms with van der Waals surface area (Å²) in [5.41, 5.74) is 0.891. The normalized spacial score (nSPS) is 11.5. The molecule has 0 amide bonds. The van der Waals surface area contributed by atoms with Crippen LogP contribution < -0.4 is 10.0 Å². The second kappa shape index (κ2) is 5.97. The second-order valence-corrected chi connectivity index (χ2v) is 5.74. The predicted molar refractivity (Wildman–Crippen MR) is 73.5 cm³/mol. The Morgan fingerprint density at radius 1 is 1.35 bits per heavy atom. The van der Waals surface area contributed by atoms with Crippen molar-refractivity contribution in [3.05, 3.63) is 30.4 Å². The summed E-state index contributed by atoms with van der Waals surface area (Å²) >= 11 is 0. The molecule has 0 atom stereocenters. The van der Waals surface area contributed by atoms with Crippen molar-refractivity contribution >= 4 is 16.0 Å². The highest BCUT2D eigenvalue weighted by molar-refractivity contribution is 7.92. The molecule has 0 unspecified atom stereocenters. The largest absolute Gasteiger partial charge is 0.349 e. The van der Waals surface area contributed by atoms with Crippen LogP contribution in [0.15, 0.2) is 29.6 Å². The zero-order valence-electron chi connectivity index (χ0n) is 11.2. The summed E-state index contributed by atoms with van der Waals surface area (Å²) in [4.78, 5) is 3.97. The van der Waals surface area contributed by atoms with Crippen LogP contribution in [0.3, 0.4) is 0 Å². The van der Waals surface area contributed by atoms with Gasteiger partial charge in [-0.1, -0.05) is 0 Å². The minimum Gasteiger partial charge on any atom is -0.349 e. The zero-order chi connectivity index (χ0) is 14.6. The van der Waals surface area contributed by atoms with Gasteiger partial charge in [-0.25, -0.2) is 18.1 Å². The van der Waals surface area contributed by atoms with E-state index in [1.54, 1.807) is 12.3 Å². The molecule has 0 aliphatic heterocycles. The van der Waals surface area contributed by atoms with Gasteiger partial charge in [0, 0.05) is 25.0 Å². The smallest absolute Gasteiger partial charge is 0.265 e. The van der Waals surface area contributed by atoms with E-state index in [0.29, 0.717) is 13.1 Å². The lowest BCUT2D eigenvalue weighted by Crippen LogP contribution is -2.14. The van der Waals surface area contributed by atoms with Gasteiger partial charge in [0.25, 0.3) is 16.0 Å². The van der Waals surface area contributed by atoms with Gasteiger partial charge < -0.3 is 9.88 Å². The number of nitrogens with one attached hydrogen (secondary N) is 2. The molecule has 0 saturated carbocycles. The van der Waals surface area contributed by atoms with Crippen molar-refractivity contribution in [2.45, 2.75) is 24.9 Å². The van der Waals surface area contributed by atoms with Crippen molar-refractivity contribution in [2.75, 3.05) is 11.8 Å². The molecule has 0 spiro atoms. The van der Waals surface area contributed by atoms with Crippen LogP contribution in [0.5, 0.6) is 0 Å². The molecule has 2 heterocycles. The summed E-state index contributed by atoms with van der Waals surface area (Å²) in [5.74, 6) is -0.0492. The van der Waals surface area contributed by atoms with Crippen LogP contribution in [-0.4, -0.2) is 35.2 Å². The summed E-state index contributed by atoms with van der Waals surface area (Å²) in [6.07, 6.45) is 4.33. The van der Waals surface area contributed by atoms with E-state index < -0.39 is 10.0 Å². The highest BCUT2D eigenvalue weighted by Gasteiger charge is 2.19. The van der Waals surface area contributed by atoms with Crippen LogP contribution >= 0.6 is 0 Å². The van der Waals surface area contributed by atoms with Crippen LogP contribution in [0.2, 0.25) is 0 Å². The van der Waals surface area contributed by atoms with E-state index in [1.807, 2.05) is 18.5 Å². The lowest BCUT2D eigenvalue weighted by molar-refractivity contribution is 0.600. The molecule has 0 radical (unpaired) electrons. The van der Waals surface area contributed by atoms with E-state index in [9.17, 15) is 8.42 Å². The first kappa shape index (κ1) is 14.4. The molecule has 2 aromatic heterocycles. The number of aryl methyl sites for hydroxylation is 1. The lowest BCUT2D eigenvalue weighted by atomic mass is 10.4. The minimum absolute atomic E-state index is 0.0492. The number of aromatic nitrogens is 4. The lowest BCUT2D eigenvalue weighted by Gasteiger charge is -2.04. The average molecular weight is 296 g/mol. The Bertz CT molecular complexity index is 667. The summed E-state index contributed by atoms with van der Waals surface area (Å²) in [5, 5.41) is 10.2. The van der Waals surface area contributed by atoms with Crippen molar-refractivity contribution < 1.29 is 8.42 Å². The maximum atomic E-state index is 12.2. The Morgan fingerprint density at radius 3 is 2.75 bits per heavy atom. The Balaban J connectivity index is 2.30. The highest BCUT2D eigenvalue weighted by atomic mass is 32.2. The van der Waals surface area contributed by atoms with Crippen molar-refractivity contribution in [3.8, 4) is 0 Å². The van der Waals surface area contributed by atoms with Crippen molar-refractivity contribution in [3.63, 3.8) is 0 Å². The van der Waals surface area contributed by atoms with Crippen molar-refractivity contribution in [2.24, 2.45) is 0 Å². The first-order valence-corrected chi connectivity index (χ1v) is 7.55. The minimum atomic E-state index is -3.71. The van der Waals surface area contributed by atoms with Gasteiger partial charge in [-0.2, -0.15) is 5.10 Å². The molecule has 0 aliphatic rings. The average Bonchev–Trinajstić information content (AvgIpc) is 2.84. The standard InChI is InChI=1S/C11H16N6O2S/c1-3-17-8-10(6-9(17)7-12-2)20(18,19)16-11-13-4-5-14-15-11/h4-6,8,12H,3,7H2,1-2H3,(H,13,15,16). The van der Waals surface area contributed by atoms with Gasteiger partial charge in [0.2, 0.25) is 0 Å². The Hall–Kier alpha value is -2.00. The quantitative estimate of drug-likeness (QED) is 0.790. The first-order chi connectivity index (χ1) is 9.56. The molecule has 0 bridgehead atoms. The van der Waals surface area contributed by atoms with Gasteiger partial charge in [-0.15, -0.1) is 5.10 Å². The zero-order valence-corrected chi connectivity index (χ0v) is 12.1. The van der Waals surface area contributed by atoms with Crippen LogP contribution in [0.4, 0.5) is 5.95 Å². The predicted octanol–water partition coefficient (Wildman–Crippen LogP) is 0.213. The van der Waals surface area contributed by atoms with E-state index in [0.717, 1.165) is 5.69 Å². The number of sulfonamides is 1. The SMILES string of the molecule is CCn1cc(S(=O)(=O)Nc2nccnn2)cc1CNC. The molecule has 0 fully saturated rings. The molecule has 108 valence electrons. The van der Waals surface area contributed by atoms with Gasteiger partial charge in [0.1, 0.15) is 4.90 Å². The molecule has 0 aliphatic carbocycles. The molecule has 20 heavy (non-hydrogen) atoms. The number of nitrogens with zero attached hydrogens (tertiary/aromatic N) is 4. The van der Waals surface area contributed by atoms with Crippen LogP contribution in [-0.2, 0) is 23.1 Å². The van der Waals surface area contributed by atoms with Gasteiger partial charge in [0.05, 0.1) is 12.4 Å². The Kier molecular flexibility index (Phi) is 4.30. The molecular formula is C11H16N6O2S. The molecular weight excluding hydrogens is 280 g/mol. The van der Waals surface area contributed by atoms with E-state index in [-0.39, 0.29) is 10.8 Å². The van der Waals surface area contributed by atoms with Crippen molar-refractivity contribution in [1.82, 2.24) is 25.1 Å². The highest BCUT2D eigenvalue weighted by Crippen LogP contribution is 2.16. The van der Waals surface area contributed by atoms with Crippen LogP contribution in [0.1, 0.15) is 12.6 Å². The second-order valence-electron chi connectivity index (χ2n) is 4.06. The fourth-order valence-corrected chi connectivity index (χ4v) is 2.78. The van der Waals surface area contributed by atoms with Crippen molar-refractivity contribution in [1.29, 1.82) is 0 Å². The maximum Gasteiger partial charge on any atom is 0.265 e. The summed E-state index contributed by atoms with van der Waals surface area (Å²) in [6.45, 7) is 3.23. The van der Waals surface area contributed by atoms with Gasteiger partial charge >= 0.3 is 0 Å². The van der Waals surface area contributed by atoms with E-state index in [1.165, 1.54) is 12.4 Å². The number of rotatable bonds is 6. The third kappa shape index (κ3) is 3.11. The van der Waals surface area contributed by atoms with E-state index in [2.05, 4.69) is 25.2 Å². The van der Waals surface area contributed by atoms with E-state index >= 15 is 0 Å². The number of anilines is 1. The third-order valence-electron chi connectivity index (χ3n) is 2.68. The molecule has 2 aromatic rings.